The summed E-state index contributed by atoms with van der Waals surface area (Å²) in [6, 6.07) is 9.10. The molecule has 0 radical (unpaired) electrons. The highest BCUT2D eigenvalue weighted by Gasteiger charge is 2.23. The van der Waals surface area contributed by atoms with Gasteiger partial charge in [0.25, 0.3) is 5.91 Å². The summed E-state index contributed by atoms with van der Waals surface area (Å²) in [5.74, 6) is -0.0574. The first kappa shape index (κ1) is 16.5. The lowest BCUT2D eigenvalue weighted by atomic mass is 10.1. The molecule has 0 spiro atoms. The van der Waals surface area contributed by atoms with Crippen molar-refractivity contribution in [3.63, 3.8) is 0 Å². The molecule has 1 aromatic carbocycles. The van der Waals surface area contributed by atoms with Crippen LogP contribution in [0.1, 0.15) is 23.8 Å². The van der Waals surface area contributed by atoms with Crippen LogP contribution < -0.4 is 0 Å². The number of carbonyl (C=O) groups is 2. The monoisotopic (exact) mass is 346 g/mol. The van der Waals surface area contributed by atoms with Crippen LogP contribution >= 0.6 is 11.6 Å². The van der Waals surface area contributed by atoms with Crippen LogP contribution in [-0.4, -0.2) is 58.0 Å². The molecule has 0 unspecified atom stereocenters. The van der Waals surface area contributed by atoms with E-state index in [1.54, 1.807) is 28.9 Å². The quantitative estimate of drug-likeness (QED) is 0.908. The van der Waals surface area contributed by atoms with Crippen molar-refractivity contribution in [1.29, 1.82) is 0 Å². The van der Waals surface area contributed by atoms with E-state index < -0.39 is 0 Å². The predicted molar refractivity (Wildman–Crippen MR) is 91.8 cm³/mol. The number of benzene rings is 1. The van der Waals surface area contributed by atoms with E-state index in [9.17, 15) is 9.59 Å². The summed E-state index contributed by atoms with van der Waals surface area (Å²) >= 11 is 6.18. The Balaban J connectivity index is 1.74. The van der Waals surface area contributed by atoms with Gasteiger partial charge in [-0.25, -0.2) is 0 Å². The van der Waals surface area contributed by atoms with Crippen LogP contribution in [0.25, 0.3) is 11.3 Å². The molecular weight excluding hydrogens is 328 g/mol. The van der Waals surface area contributed by atoms with E-state index in [4.69, 9.17) is 11.6 Å². The zero-order chi connectivity index (χ0) is 17.1. The lowest BCUT2D eigenvalue weighted by Gasteiger charge is -2.20. The SMILES string of the molecule is CC(=O)N1CCCN(C(=O)c2cc(-c3ccccc3Cl)n[nH]2)CC1. The molecule has 6 nitrogen and oxygen atoms in total. The summed E-state index contributed by atoms with van der Waals surface area (Å²) in [5, 5.41) is 7.60. The van der Waals surface area contributed by atoms with Gasteiger partial charge in [0.2, 0.25) is 5.91 Å². The van der Waals surface area contributed by atoms with E-state index in [-0.39, 0.29) is 11.8 Å². The summed E-state index contributed by atoms with van der Waals surface area (Å²) in [5.41, 5.74) is 1.86. The van der Waals surface area contributed by atoms with Crippen LogP contribution in [0.2, 0.25) is 5.02 Å². The minimum Gasteiger partial charge on any atom is -0.341 e. The highest BCUT2D eigenvalue weighted by molar-refractivity contribution is 6.33. The van der Waals surface area contributed by atoms with Crippen LogP contribution in [-0.2, 0) is 4.79 Å². The fraction of sp³-hybridized carbons (Fsp3) is 0.353. The summed E-state index contributed by atoms with van der Waals surface area (Å²) in [4.78, 5) is 27.7. The van der Waals surface area contributed by atoms with Gasteiger partial charge in [0.05, 0.1) is 10.7 Å². The third kappa shape index (κ3) is 3.43. The number of aromatic nitrogens is 2. The van der Waals surface area contributed by atoms with Crippen molar-refractivity contribution in [2.75, 3.05) is 26.2 Å². The lowest BCUT2D eigenvalue weighted by molar-refractivity contribution is -0.128. The number of hydrogen-bond acceptors (Lipinski definition) is 3. The number of nitrogens with one attached hydrogen (secondary N) is 1. The third-order valence-electron chi connectivity index (χ3n) is 4.19. The van der Waals surface area contributed by atoms with Gasteiger partial charge in [-0.05, 0) is 18.6 Å². The number of H-pyrrole nitrogens is 1. The van der Waals surface area contributed by atoms with Gasteiger partial charge >= 0.3 is 0 Å². The Morgan fingerprint density at radius 1 is 1.12 bits per heavy atom. The Labute approximate surface area is 145 Å². The normalized spacial score (nSPS) is 15.2. The van der Waals surface area contributed by atoms with E-state index in [1.807, 2.05) is 18.2 Å². The van der Waals surface area contributed by atoms with Gasteiger partial charge in [-0.1, -0.05) is 29.8 Å². The molecule has 1 aliphatic heterocycles. The lowest BCUT2D eigenvalue weighted by Crippen LogP contribution is -2.36. The average Bonchev–Trinajstić information content (AvgIpc) is 2.91. The summed E-state index contributed by atoms with van der Waals surface area (Å²) in [6.07, 6.45) is 0.775. The summed E-state index contributed by atoms with van der Waals surface area (Å²) < 4.78 is 0. The second-order valence-electron chi connectivity index (χ2n) is 5.80. The highest BCUT2D eigenvalue weighted by Crippen LogP contribution is 2.26. The van der Waals surface area contributed by atoms with Crippen LogP contribution in [0.3, 0.4) is 0 Å². The molecule has 2 amide bonds. The van der Waals surface area contributed by atoms with E-state index >= 15 is 0 Å². The van der Waals surface area contributed by atoms with E-state index in [0.717, 1.165) is 12.0 Å². The molecule has 2 aromatic rings. The maximum Gasteiger partial charge on any atom is 0.271 e. The second kappa shape index (κ2) is 7.05. The van der Waals surface area contributed by atoms with Crippen molar-refractivity contribution in [2.45, 2.75) is 13.3 Å². The molecule has 0 bridgehead atoms. The minimum absolute atomic E-state index is 0.0480. The molecule has 0 atom stereocenters. The van der Waals surface area contributed by atoms with E-state index in [1.165, 1.54) is 0 Å². The molecule has 24 heavy (non-hydrogen) atoms. The molecule has 1 saturated heterocycles. The molecule has 1 N–H and O–H groups in total. The molecule has 0 saturated carbocycles. The number of carbonyl (C=O) groups excluding carboxylic acids is 2. The number of aromatic amines is 1. The molecule has 0 aliphatic carbocycles. The molecule has 1 fully saturated rings. The summed E-state index contributed by atoms with van der Waals surface area (Å²) in [7, 11) is 0. The smallest absolute Gasteiger partial charge is 0.271 e. The Bertz CT molecular complexity index is 759. The van der Waals surface area contributed by atoms with Crippen molar-refractivity contribution in [2.24, 2.45) is 0 Å². The van der Waals surface area contributed by atoms with Gasteiger partial charge in [0, 0.05) is 38.7 Å². The number of halogens is 1. The molecule has 126 valence electrons. The Hall–Kier alpha value is -2.34. The first-order valence-electron chi connectivity index (χ1n) is 7.91. The van der Waals surface area contributed by atoms with Gasteiger partial charge < -0.3 is 9.80 Å². The largest absolute Gasteiger partial charge is 0.341 e. The maximum absolute atomic E-state index is 12.7. The Morgan fingerprint density at radius 2 is 1.83 bits per heavy atom. The average molecular weight is 347 g/mol. The van der Waals surface area contributed by atoms with Gasteiger partial charge in [-0.15, -0.1) is 0 Å². The predicted octanol–water partition coefficient (Wildman–Crippen LogP) is 2.42. The fourth-order valence-electron chi connectivity index (χ4n) is 2.84. The molecule has 2 heterocycles. The zero-order valence-corrected chi connectivity index (χ0v) is 14.2. The van der Waals surface area contributed by atoms with Crippen molar-refractivity contribution in [3.05, 3.63) is 41.0 Å². The highest BCUT2D eigenvalue weighted by atomic mass is 35.5. The number of amides is 2. The van der Waals surface area contributed by atoms with Crippen LogP contribution in [0.5, 0.6) is 0 Å². The van der Waals surface area contributed by atoms with Crippen molar-refractivity contribution in [1.82, 2.24) is 20.0 Å². The fourth-order valence-corrected chi connectivity index (χ4v) is 3.08. The second-order valence-corrected chi connectivity index (χ2v) is 6.21. The minimum atomic E-state index is -0.105. The topological polar surface area (TPSA) is 69.3 Å². The number of rotatable bonds is 2. The summed E-state index contributed by atoms with van der Waals surface area (Å²) in [6.45, 7) is 3.96. The number of nitrogens with zero attached hydrogens (tertiary/aromatic N) is 3. The zero-order valence-electron chi connectivity index (χ0n) is 13.5. The van der Waals surface area contributed by atoms with Gasteiger partial charge in [0.1, 0.15) is 5.69 Å². The first-order valence-corrected chi connectivity index (χ1v) is 8.29. The molecule has 1 aromatic heterocycles. The van der Waals surface area contributed by atoms with Gasteiger partial charge in [-0.3, -0.25) is 14.7 Å². The van der Waals surface area contributed by atoms with Crippen molar-refractivity contribution < 1.29 is 9.59 Å². The molecule has 1 aliphatic rings. The Kier molecular flexibility index (Phi) is 4.85. The van der Waals surface area contributed by atoms with Crippen molar-refractivity contribution in [3.8, 4) is 11.3 Å². The van der Waals surface area contributed by atoms with Crippen LogP contribution in [0.4, 0.5) is 0 Å². The maximum atomic E-state index is 12.7. The molecule has 7 heteroatoms. The van der Waals surface area contributed by atoms with Gasteiger partial charge in [0.15, 0.2) is 0 Å². The molecular formula is C17H19ClN4O2. The molecule has 3 rings (SSSR count). The standard InChI is InChI=1S/C17H19ClN4O2/c1-12(23)21-7-4-8-22(10-9-21)17(24)16-11-15(19-20-16)13-5-2-3-6-14(13)18/h2-3,5-6,11H,4,7-10H2,1H3,(H,19,20). The van der Waals surface area contributed by atoms with Crippen LogP contribution in [0, 0.1) is 0 Å². The van der Waals surface area contributed by atoms with Crippen molar-refractivity contribution >= 4 is 23.4 Å². The van der Waals surface area contributed by atoms with Gasteiger partial charge in [-0.2, -0.15) is 5.10 Å². The Morgan fingerprint density at radius 3 is 2.58 bits per heavy atom. The van der Waals surface area contributed by atoms with E-state index in [2.05, 4.69) is 10.2 Å². The van der Waals surface area contributed by atoms with E-state index in [0.29, 0.717) is 42.6 Å². The number of hydrogen-bond donors (Lipinski definition) is 1. The third-order valence-corrected chi connectivity index (χ3v) is 4.52. The first-order chi connectivity index (χ1) is 11.6. The van der Waals surface area contributed by atoms with Crippen LogP contribution in [0.15, 0.2) is 30.3 Å².